The van der Waals surface area contributed by atoms with Gasteiger partial charge < -0.3 is 0 Å². The molecule has 1 aromatic rings. The van der Waals surface area contributed by atoms with E-state index in [1.54, 1.807) is 6.92 Å². The van der Waals surface area contributed by atoms with Crippen LogP contribution in [0.25, 0.3) is 0 Å². The van der Waals surface area contributed by atoms with Crippen LogP contribution in [0, 0.1) is 31.6 Å². The molecule has 1 aliphatic carbocycles. The molecule has 0 N–H and O–H groups in total. The van der Waals surface area contributed by atoms with E-state index in [1.807, 2.05) is 6.92 Å². The molecule has 1 nitrogen and oxygen atoms in total. The van der Waals surface area contributed by atoms with E-state index in [0.717, 1.165) is 29.3 Å². The quantitative estimate of drug-likeness (QED) is 0.322. The van der Waals surface area contributed by atoms with Crippen LogP contribution in [0.4, 0.5) is 0 Å². The fourth-order valence-corrected chi connectivity index (χ4v) is 5.72. The van der Waals surface area contributed by atoms with Crippen LogP contribution in [0.15, 0.2) is 35.2 Å². The maximum Gasteiger partial charge on any atom is 0.160 e. The Morgan fingerprint density at radius 2 is 1.73 bits per heavy atom. The molecular weight excluding hydrogens is 335 g/mol. The molecule has 0 spiro atoms. The Kier molecular flexibility index (Phi) is 6.03. The van der Waals surface area contributed by atoms with Gasteiger partial charge in [0.25, 0.3) is 0 Å². The van der Waals surface area contributed by atoms with Gasteiger partial charge in [0.1, 0.15) is 0 Å². The van der Waals surface area contributed by atoms with Crippen molar-refractivity contribution in [3.05, 3.63) is 57.4 Å². The molecule has 3 unspecified atom stereocenters. The minimum absolute atomic E-state index is 0.0111. The zero-order valence-corrected chi connectivity index (χ0v) is 18.8. The van der Waals surface area contributed by atoms with Crippen LogP contribution in [-0.2, 0) is 11.2 Å². The highest BCUT2D eigenvalue weighted by Crippen LogP contribution is 2.60. The summed E-state index contributed by atoms with van der Waals surface area (Å²) in [4.78, 5) is 12.3. The molecular formula is C24H35OP. The summed E-state index contributed by atoms with van der Waals surface area (Å²) in [7, 11) is 2.92. The van der Waals surface area contributed by atoms with Crippen LogP contribution >= 0.6 is 9.24 Å². The second-order valence-electron chi connectivity index (χ2n) is 8.84. The minimum Gasteiger partial charge on any atom is -0.294 e. The van der Waals surface area contributed by atoms with Crippen LogP contribution in [0.5, 0.6) is 0 Å². The van der Waals surface area contributed by atoms with Gasteiger partial charge in [0.2, 0.25) is 0 Å². The third kappa shape index (κ3) is 3.48. The first-order valence-electron chi connectivity index (χ1n) is 9.67. The second-order valence-corrected chi connectivity index (χ2v) is 9.42. The van der Waals surface area contributed by atoms with E-state index in [-0.39, 0.29) is 16.6 Å². The number of ketones is 1. The molecule has 0 aromatic heterocycles. The Balaban J connectivity index is 2.54. The molecule has 0 heterocycles. The van der Waals surface area contributed by atoms with Crippen LogP contribution < -0.4 is 0 Å². The Bertz CT molecular complexity index is 770. The predicted molar refractivity (Wildman–Crippen MR) is 117 cm³/mol. The van der Waals surface area contributed by atoms with Crippen molar-refractivity contribution >= 4 is 15.0 Å². The van der Waals surface area contributed by atoms with E-state index in [9.17, 15) is 4.79 Å². The third-order valence-corrected chi connectivity index (χ3v) is 8.06. The Labute approximate surface area is 162 Å². The van der Waals surface area contributed by atoms with Crippen molar-refractivity contribution < 1.29 is 4.79 Å². The lowest BCUT2D eigenvalue weighted by atomic mass is 9.63. The van der Waals surface area contributed by atoms with Crippen LogP contribution in [0.1, 0.15) is 69.2 Å². The molecule has 142 valence electrons. The monoisotopic (exact) mass is 370 g/mol. The summed E-state index contributed by atoms with van der Waals surface area (Å²) in [5, 5.41) is 1.15. The highest BCUT2D eigenvalue weighted by atomic mass is 31.0. The van der Waals surface area contributed by atoms with Crippen molar-refractivity contribution in [2.75, 3.05) is 0 Å². The number of rotatable bonds is 5. The Morgan fingerprint density at radius 1 is 1.12 bits per heavy atom. The van der Waals surface area contributed by atoms with E-state index in [2.05, 4.69) is 62.6 Å². The van der Waals surface area contributed by atoms with Gasteiger partial charge >= 0.3 is 0 Å². The first-order chi connectivity index (χ1) is 11.9. The van der Waals surface area contributed by atoms with Crippen molar-refractivity contribution in [2.24, 2.45) is 10.8 Å². The van der Waals surface area contributed by atoms with Gasteiger partial charge in [-0.25, -0.2) is 0 Å². The maximum absolute atomic E-state index is 12.3. The average molecular weight is 371 g/mol. The molecule has 26 heavy (non-hydrogen) atoms. The highest BCUT2D eigenvalue weighted by Gasteiger charge is 2.50. The molecule has 1 fully saturated rings. The summed E-state index contributed by atoms with van der Waals surface area (Å²) in [5.41, 5.74) is 7.44. The van der Waals surface area contributed by atoms with Crippen molar-refractivity contribution in [3.63, 3.8) is 0 Å². The number of hydrogen-bond acceptors (Lipinski definition) is 1. The smallest absolute Gasteiger partial charge is 0.160 e. The number of carbonyl (C=O) groups is 1. The zero-order chi connectivity index (χ0) is 19.9. The molecule has 2 rings (SSSR count). The minimum atomic E-state index is -0.0111. The standard InChI is InChI=1S/C24H35OP/c1-15(2)21(19(6)25)22(26)24(8)13-9-12-23(24,7)14-20-11-10-16(3)17(4)18(20)5/h10-11H,1,9,12-14,26H2,2-8H3/b22-21+. The van der Waals surface area contributed by atoms with E-state index in [4.69, 9.17) is 0 Å². The second kappa shape index (κ2) is 7.43. The number of allylic oxidation sites excluding steroid dienone is 3. The lowest BCUT2D eigenvalue weighted by Gasteiger charge is -2.44. The van der Waals surface area contributed by atoms with Crippen molar-refractivity contribution in [3.8, 4) is 0 Å². The first kappa shape index (κ1) is 21.1. The molecule has 1 aliphatic rings. The maximum atomic E-state index is 12.3. The van der Waals surface area contributed by atoms with Gasteiger partial charge in [-0.05, 0) is 97.9 Å². The third-order valence-electron chi connectivity index (χ3n) is 7.13. The Hall–Kier alpha value is -1.20. The van der Waals surface area contributed by atoms with Gasteiger partial charge in [-0.2, -0.15) is 0 Å². The van der Waals surface area contributed by atoms with Crippen molar-refractivity contribution in [2.45, 2.75) is 74.1 Å². The fourth-order valence-electron chi connectivity index (χ4n) is 4.77. The molecule has 1 aromatic carbocycles. The predicted octanol–water partition coefficient (Wildman–Crippen LogP) is 6.65. The molecule has 0 aliphatic heterocycles. The summed E-state index contributed by atoms with van der Waals surface area (Å²) < 4.78 is 0. The summed E-state index contributed by atoms with van der Waals surface area (Å²) in [6, 6.07) is 4.55. The molecule has 0 radical (unpaired) electrons. The highest BCUT2D eigenvalue weighted by molar-refractivity contribution is 7.22. The number of hydrogen-bond donors (Lipinski definition) is 0. The summed E-state index contributed by atoms with van der Waals surface area (Å²) in [5.74, 6) is 0.125. The van der Waals surface area contributed by atoms with Gasteiger partial charge in [-0.1, -0.05) is 39.0 Å². The van der Waals surface area contributed by atoms with E-state index < -0.39 is 0 Å². The van der Waals surface area contributed by atoms with E-state index in [1.165, 1.54) is 35.1 Å². The number of aryl methyl sites for hydroxylation is 1. The topological polar surface area (TPSA) is 17.1 Å². The zero-order valence-electron chi connectivity index (χ0n) is 17.7. The molecule has 0 saturated heterocycles. The summed E-state index contributed by atoms with van der Waals surface area (Å²) in [6.07, 6.45) is 4.57. The number of Topliss-reactive ketones (excluding diaryl/α,β-unsaturated/α-hetero) is 1. The van der Waals surface area contributed by atoms with Crippen LogP contribution in [0.3, 0.4) is 0 Å². The van der Waals surface area contributed by atoms with Gasteiger partial charge in [0.05, 0.1) is 0 Å². The van der Waals surface area contributed by atoms with Crippen LogP contribution in [0.2, 0.25) is 0 Å². The molecule has 2 heteroatoms. The van der Waals surface area contributed by atoms with Gasteiger partial charge in [-0.3, -0.25) is 4.79 Å². The van der Waals surface area contributed by atoms with Crippen LogP contribution in [-0.4, -0.2) is 5.78 Å². The molecule has 1 saturated carbocycles. The normalized spacial score (nSPS) is 26.6. The Morgan fingerprint density at radius 3 is 2.27 bits per heavy atom. The van der Waals surface area contributed by atoms with Crippen molar-refractivity contribution in [1.82, 2.24) is 0 Å². The number of carbonyl (C=O) groups excluding carboxylic acids is 1. The molecule has 0 amide bonds. The van der Waals surface area contributed by atoms with Gasteiger partial charge in [-0.15, -0.1) is 9.24 Å². The number of benzene rings is 1. The van der Waals surface area contributed by atoms with Crippen molar-refractivity contribution in [1.29, 1.82) is 0 Å². The SMILES string of the molecule is C=C(C)/C(C(C)=O)=C(\P)C1(C)CCCC1(C)Cc1ccc(C)c(C)c1C. The molecule has 3 atom stereocenters. The fraction of sp³-hybridized carbons (Fsp3) is 0.542. The van der Waals surface area contributed by atoms with E-state index in [0.29, 0.717) is 0 Å². The summed E-state index contributed by atoms with van der Waals surface area (Å²) in [6.45, 7) is 19.1. The average Bonchev–Trinajstić information content (AvgIpc) is 2.84. The lowest BCUT2D eigenvalue weighted by molar-refractivity contribution is -0.113. The van der Waals surface area contributed by atoms with Gasteiger partial charge in [0, 0.05) is 5.57 Å². The van der Waals surface area contributed by atoms with Gasteiger partial charge in [0.15, 0.2) is 5.78 Å². The first-order valence-corrected chi connectivity index (χ1v) is 10.2. The molecule has 0 bridgehead atoms. The summed E-state index contributed by atoms with van der Waals surface area (Å²) >= 11 is 0. The largest absolute Gasteiger partial charge is 0.294 e. The van der Waals surface area contributed by atoms with E-state index >= 15 is 0 Å². The lowest BCUT2D eigenvalue weighted by Crippen LogP contribution is -2.36.